The van der Waals surface area contributed by atoms with Crippen molar-refractivity contribution in [2.45, 2.75) is 6.42 Å². The lowest BCUT2D eigenvalue weighted by molar-refractivity contribution is -0.837. The number of rotatable bonds is 2. The summed E-state index contributed by atoms with van der Waals surface area (Å²) in [6.45, 7) is 4.06. The maximum Gasteiger partial charge on any atom is 0.213 e. The quantitative estimate of drug-likeness (QED) is 0.445. The number of quaternary nitrogens is 1. The van der Waals surface area contributed by atoms with Crippen LogP contribution in [-0.2, 0) is 0 Å². The minimum Gasteiger partial charge on any atom is -0.491 e. The van der Waals surface area contributed by atoms with Gasteiger partial charge in [-0.15, -0.1) is 0 Å². The number of hydrazone groups is 1. The number of hydrogen-bond acceptors (Lipinski definition) is 5. The summed E-state index contributed by atoms with van der Waals surface area (Å²) in [6.07, 6.45) is 4.19. The minimum atomic E-state index is -0.551. The Hall–Kier alpha value is -2.65. The number of pyridine rings is 2. The van der Waals surface area contributed by atoms with Crippen molar-refractivity contribution in [1.29, 1.82) is 0 Å². The molecule has 0 aromatic carbocycles. The number of fused-ring (bicyclic) bond motifs is 1. The smallest absolute Gasteiger partial charge is 0.213 e. The second-order valence-corrected chi connectivity index (χ2v) is 6.77. The van der Waals surface area contributed by atoms with Gasteiger partial charge in [0.25, 0.3) is 0 Å². The molecular weight excluding hydrogens is 367 g/mol. The number of aromatic nitrogens is 2. The third-order valence-electron chi connectivity index (χ3n) is 4.72. The summed E-state index contributed by atoms with van der Waals surface area (Å²) in [7, 11) is 0. The van der Waals surface area contributed by atoms with Crippen LogP contribution in [0.25, 0.3) is 0 Å². The molecule has 2 N–H and O–H groups in total. The van der Waals surface area contributed by atoms with Gasteiger partial charge in [0, 0.05) is 30.9 Å². The lowest BCUT2D eigenvalue weighted by Crippen LogP contribution is -3.10. The van der Waals surface area contributed by atoms with E-state index in [1.54, 1.807) is 6.07 Å². The molecule has 4 rings (SSSR count). The molecule has 2 aliphatic heterocycles. The number of nitrogens with zero attached hydrogens (tertiary/aromatic N) is 4. The molecule has 0 radical (unpaired) electrons. The minimum absolute atomic E-state index is 0.434. The second-order valence-electron chi connectivity index (χ2n) is 6.38. The Kier molecular flexibility index (Phi) is 5.21. The Morgan fingerprint density at radius 2 is 2.00 bits per heavy atom. The normalized spacial score (nSPS) is 18.7. The van der Waals surface area contributed by atoms with Crippen molar-refractivity contribution in [1.82, 2.24) is 20.3 Å². The van der Waals surface area contributed by atoms with E-state index in [-0.39, 0.29) is 0 Å². The zero-order valence-electron chi connectivity index (χ0n) is 14.7. The number of thiocarbonyl (C=S) groups is 1. The first-order valence-electron chi connectivity index (χ1n) is 8.87. The molecule has 0 saturated carbocycles. The highest BCUT2D eigenvalue weighted by atomic mass is 32.1. The van der Waals surface area contributed by atoms with Crippen molar-refractivity contribution >= 4 is 28.7 Å². The van der Waals surface area contributed by atoms with Crippen LogP contribution in [0.2, 0.25) is 0 Å². The summed E-state index contributed by atoms with van der Waals surface area (Å²) in [6, 6.07) is 6.95. The van der Waals surface area contributed by atoms with Gasteiger partial charge >= 0.3 is 0 Å². The molecule has 7 nitrogen and oxygen atoms in total. The molecule has 2 aliphatic rings. The lowest BCUT2D eigenvalue weighted by atomic mass is 10.1. The zero-order valence-corrected chi connectivity index (χ0v) is 15.5. The molecule has 27 heavy (non-hydrogen) atoms. The van der Waals surface area contributed by atoms with E-state index in [1.807, 2.05) is 24.5 Å². The molecular formula is C18H20FN6OS+. The first-order valence-corrected chi connectivity index (χ1v) is 9.28. The molecule has 4 heterocycles. The maximum atomic E-state index is 13.5. The van der Waals surface area contributed by atoms with Crippen LogP contribution in [0.3, 0.4) is 0 Å². The summed E-state index contributed by atoms with van der Waals surface area (Å²) in [5.41, 5.74) is 5.28. The van der Waals surface area contributed by atoms with Gasteiger partial charge in [-0.25, -0.2) is 4.98 Å². The molecule has 0 aliphatic carbocycles. The van der Waals surface area contributed by atoms with E-state index in [1.165, 1.54) is 16.7 Å². The Bertz CT molecular complexity index is 854. The average molecular weight is 387 g/mol. The van der Waals surface area contributed by atoms with Gasteiger partial charge in [0.15, 0.2) is 5.11 Å². The Morgan fingerprint density at radius 3 is 2.78 bits per heavy atom. The van der Waals surface area contributed by atoms with Crippen LogP contribution in [0.4, 0.5) is 10.1 Å². The van der Waals surface area contributed by atoms with E-state index in [9.17, 15) is 4.39 Å². The van der Waals surface area contributed by atoms with Crippen LogP contribution in [0.1, 0.15) is 12.1 Å². The highest BCUT2D eigenvalue weighted by Crippen LogP contribution is 2.23. The predicted octanol–water partition coefficient (Wildman–Crippen LogP) is 0.509. The molecule has 0 bridgehead atoms. The van der Waals surface area contributed by atoms with Crippen LogP contribution < -0.4 is 15.1 Å². The average Bonchev–Trinajstić information content (AvgIpc) is 2.73. The van der Waals surface area contributed by atoms with E-state index in [0.29, 0.717) is 35.3 Å². The standard InChI is InChI=1S/C18H19FN6OS/c19-16-2-1-15-17(21-16)14(5-12-26-15)22-23-18(27)25-10-8-24(9-11-25)13-3-6-20-7-4-13/h1-4,6-7H,5,8-12H2,(H,23,27)/p+1/b22-14-. The van der Waals surface area contributed by atoms with E-state index in [2.05, 4.69) is 25.4 Å². The lowest BCUT2D eigenvalue weighted by Gasteiger charge is -2.33. The third kappa shape index (κ3) is 4.04. The number of hydrogen-bond donors (Lipinski definition) is 2. The molecule has 0 spiro atoms. The third-order valence-corrected chi connectivity index (χ3v) is 5.07. The zero-order chi connectivity index (χ0) is 18.6. The van der Waals surface area contributed by atoms with Gasteiger partial charge in [-0.05, 0) is 24.4 Å². The monoisotopic (exact) mass is 387 g/mol. The molecule has 2 aromatic heterocycles. The van der Waals surface area contributed by atoms with Gasteiger partial charge in [-0.3, -0.25) is 15.3 Å². The summed E-state index contributed by atoms with van der Waals surface area (Å²) in [5.74, 6) is -0.00609. The largest absolute Gasteiger partial charge is 0.491 e. The van der Waals surface area contributed by atoms with Crippen molar-refractivity contribution in [3.8, 4) is 5.75 Å². The first-order chi connectivity index (χ1) is 13.2. The number of piperazine rings is 1. The summed E-state index contributed by atoms with van der Waals surface area (Å²) in [4.78, 5) is 11.5. The van der Waals surface area contributed by atoms with Crippen molar-refractivity contribution < 1.29 is 14.0 Å². The van der Waals surface area contributed by atoms with E-state index >= 15 is 0 Å². The number of nitrogens with one attached hydrogen (secondary N) is 2. The first kappa shape index (κ1) is 17.7. The van der Waals surface area contributed by atoms with Gasteiger partial charge in [0.1, 0.15) is 17.1 Å². The fourth-order valence-electron chi connectivity index (χ4n) is 3.27. The van der Waals surface area contributed by atoms with Crippen molar-refractivity contribution in [3.05, 3.63) is 48.3 Å². The van der Waals surface area contributed by atoms with Crippen molar-refractivity contribution in [2.24, 2.45) is 5.10 Å². The van der Waals surface area contributed by atoms with Gasteiger partial charge < -0.3 is 9.64 Å². The van der Waals surface area contributed by atoms with Gasteiger partial charge in [0.2, 0.25) is 5.95 Å². The molecule has 0 amide bonds. The summed E-state index contributed by atoms with van der Waals surface area (Å²) in [5, 5.41) is 4.95. The predicted molar refractivity (Wildman–Crippen MR) is 103 cm³/mol. The molecule has 1 saturated heterocycles. The highest BCUT2D eigenvalue weighted by Gasteiger charge is 2.24. The summed E-state index contributed by atoms with van der Waals surface area (Å²) < 4.78 is 18.9. The van der Waals surface area contributed by atoms with Crippen LogP contribution in [0.5, 0.6) is 5.75 Å². The molecule has 0 atom stereocenters. The fourth-order valence-corrected chi connectivity index (χ4v) is 3.50. The topological polar surface area (TPSA) is 67.1 Å². The highest BCUT2D eigenvalue weighted by molar-refractivity contribution is 7.80. The molecule has 2 aromatic rings. The number of ether oxygens (including phenoxy) is 1. The van der Waals surface area contributed by atoms with Crippen LogP contribution in [0.15, 0.2) is 41.8 Å². The van der Waals surface area contributed by atoms with Crippen LogP contribution in [-0.4, -0.2) is 58.5 Å². The second kappa shape index (κ2) is 7.93. The Labute approximate surface area is 161 Å². The van der Waals surface area contributed by atoms with E-state index in [4.69, 9.17) is 17.0 Å². The molecule has 9 heteroatoms. The summed E-state index contributed by atoms with van der Waals surface area (Å²) >= 11 is 5.48. The van der Waals surface area contributed by atoms with Crippen molar-refractivity contribution in [2.75, 3.05) is 32.8 Å². The van der Waals surface area contributed by atoms with Gasteiger partial charge in [0.05, 0.1) is 38.5 Å². The molecule has 1 fully saturated rings. The maximum absolute atomic E-state index is 13.5. The Morgan fingerprint density at radius 1 is 1.22 bits per heavy atom. The van der Waals surface area contributed by atoms with Gasteiger partial charge in [-0.1, -0.05) is 0 Å². The van der Waals surface area contributed by atoms with Crippen molar-refractivity contribution in [3.63, 3.8) is 0 Å². The van der Waals surface area contributed by atoms with E-state index in [0.717, 1.165) is 26.2 Å². The SMILES string of the molecule is Fc1ccc2c(n1)/C(=N\NC(=S)N1CC[NH+](c3ccncc3)CC1)CCO2. The van der Waals surface area contributed by atoms with E-state index < -0.39 is 5.95 Å². The van der Waals surface area contributed by atoms with Crippen LogP contribution >= 0.6 is 12.2 Å². The molecule has 140 valence electrons. The van der Waals surface area contributed by atoms with Gasteiger partial charge in [-0.2, -0.15) is 9.49 Å². The van der Waals surface area contributed by atoms with Crippen LogP contribution in [0, 0.1) is 5.95 Å². The molecule has 0 unspecified atom stereocenters. The fraction of sp³-hybridized carbons (Fsp3) is 0.333. The number of halogens is 1. The Balaban J connectivity index is 1.37.